The van der Waals surface area contributed by atoms with Crippen LogP contribution in [0.5, 0.6) is 11.5 Å². The molecule has 2 aromatic carbocycles. The Morgan fingerprint density at radius 2 is 1.36 bits per heavy atom. The molecule has 1 aliphatic rings. The van der Waals surface area contributed by atoms with E-state index < -0.39 is 19.1 Å². The first-order chi connectivity index (χ1) is 13.3. The molecule has 0 amide bonds. The molecule has 150 valence electrons. The normalized spacial score (nSPS) is 15.9. The van der Waals surface area contributed by atoms with Gasteiger partial charge < -0.3 is 14.2 Å². The van der Waals surface area contributed by atoms with Crippen LogP contribution in [0.1, 0.15) is 20.8 Å². The van der Waals surface area contributed by atoms with E-state index in [2.05, 4.69) is 0 Å². The third-order valence-corrected chi connectivity index (χ3v) is 9.08. The van der Waals surface area contributed by atoms with Crippen molar-refractivity contribution in [3.63, 3.8) is 0 Å². The second kappa shape index (κ2) is 9.00. The lowest BCUT2D eigenvalue weighted by atomic mass is 9.89. The van der Waals surface area contributed by atoms with E-state index in [0.717, 1.165) is 15.7 Å². The number of rotatable bonds is 6. The number of thioether (sulfide) groups is 2. The first-order valence-electron chi connectivity index (χ1n) is 9.07. The van der Waals surface area contributed by atoms with Crippen LogP contribution >= 0.6 is 31.1 Å². The van der Waals surface area contributed by atoms with Crippen LogP contribution in [-0.2, 0) is 4.57 Å². The van der Waals surface area contributed by atoms with Gasteiger partial charge in [0.1, 0.15) is 16.8 Å². The van der Waals surface area contributed by atoms with Crippen LogP contribution in [0.3, 0.4) is 0 Å². The number of para-hydroxylation sites is 2. The van der Waals surface area contributed by atoms with Crippen LogP contribution in [-0.4, -0.2) is 22.7 Å². The third-order valence-electron chi connectivity index (χ3n) is 4.07. The topological polar surface area (TPSA) is 55.8 Å². The van der Waals surface area contributed by atoms with E-state index in [1.807, 2.05) is 57.2 Å². The fraction of sp³-hybridized carbons (Fsp3) is 0.333. The lowest BCUT2D eigenvalue weighted by molar-refractivity contribution is 0.0984. The van der Waals surface area contributed by atoms with Crippen LogP contribution < -0.4 is 9.05 Å². The predicted octanol–water partition coefficient (Wildman–Crippen LogP) is 6.39. The summed E-state index contributed by atoms with van der Waals surface area (Å²) in [6, 6.07) is 17.9. The number of aliphatic hydroxyl groups is 1. The first kappa shape index (κ1) is 21.4. The monoisotopic (exact) mass is 436 g/mol. The second-order valence-electron chi connectivity index (χ2n) is 7.44. The maximum absolute atomic E-state index is 14.2. The van der Waals surface area contributed by atoms with E-state index >= 15 is 0 Å². The van der Waals surface area contributed by atoms with E-state index in [1.165, 1.54) is 0 Å². The highest BCUT2D eigenvalue weighted by Crippen LogP contribution is 2.62. The van der Waals surface area contributed by atoms with E-state index in [9.17, 15) is 9.67 Å². The van der Waals surface area contributed by atoms with Crippen molar-refractivity contribution in [2.24, 2.45) is 5.41 Å². The molecular weight excluding hydrogens is 411 g/mol. The quantitative estimate of drug-likeness (QED) is 0.529. The summed E-state index contributed by atoms with van der Waals surface area (Å²) in [4.78, 5) is 0. The van der Waals surface area contributed by atoms with Crippen LogP contribution in [0, 0.1) is 5.41 Å². The SMILES string of the molecule is CC(C)(C)C(O)C(=C1SCCS1)P(=O)(Oc1ccccc1)Oc1ccccc1. The lowest BCUT2D eigenvalue weighted by Gasteiger charge is -2.32. The molecule has 3 rings (SSSR count). The molecular formula is C21H25O4PS2. The van der Waals surface area contributed by atoms with Crippen molar-refractivity contribution in [3.8, 4) is 11.5 Å². The van der Waals surface area contributed by atoms with Crippen LogP contribution in [0.2, 0.25) is 0 Å². The average Bonchev–Trinajstić information content (AvgIpc) is 3.16. The summed E-state index contributed by atoms with van der Waals surface area (Å²) in [5.74, 6) is 2.68. The van der Waals surface area contributed by atoms with Crippen LogP contribution in [0.15, 0.2) is 70.2 Å². The fourth-order valence-corrected chi connectivity index (χ4v) is 7.99. The Kier molecular flexibility index (Phi) is 6.87. The van der Waals surface area contributed by atoms with Crippen molar-refractivity contribution in [1.82, 2.24) is 0 Å². The highest BCUT2D eigenvalue weighted by atomic mass is 32.2. The van der Waals surface area contributed by atoms with Gasteiger partial charge in [0.2, 0.25) is 0 Å². The Balaban J connectivity index is 2.11. The van der Waals surface area contributed by atoms with Crippen molar-refractivity contribution in [3.05, 3.63) is 70.2 Å². The molecule has 28 heavy (non-hydrogen) atoms. The molecule has 0 spiro atoms. The summed E-state index contributed by atoms with van der Waals surface area (Å²) in [5.41, 5.74) is -0.526. The molecule has 0 bridgehead atoms. The molecule has 1 aliphatic heterocycles. The number of aliphatic hydroxyl groups excluding tert-OH is 1. The molecule has 1 atom stereocenters. The van der Waals surface area contributed by atoms with Gasteiger partial charge in [0.15, 0.2) is 0 Å². The molecule has 0 saturated carbocycles. The van der Waals surface area contributed by atoms with Gasteiger partial charge in [-0.2, -0.15) is 0 Å². The largest absolute Gasteiger partial charge is 0.463 e. The zero-order valence-electron chi connectivity index (χ0n) is 16.2. The summed E-state index contributed by atoms with van der Waals surface area (Å²) < 4.78 is 27.0. The molecule has 1 heterocycles. The molecule has 4 nitrogen and oxygen atoms in total. The average molecular weight is 437 g/mol. The zero-order chi connectivity index (χ0) is 20.2. The van der Waals surface area contributed by atoms with Gasteiger partial charge in [-0.3, -0.25) is 0 Å². The van der Waals surface area contributed by atoms with Gasteiger partial charge in [0.25, 0.3) is 0 Å². The summed E-state index contributed by atoms with van der Waals surface area (Å²) >= 11 is 3.19. The molecule has 7 heteroatoms. The predicted molar refractivity (Wildman–Crippen MR) is 119 cm³/mol. The molecule has 0 aliphatic carbocycles. The van der Waals surface area contributed by atoms with Gasteiger partial charge in [-0.05, 0) is 29.7 Å². The minimum Gasteiger partial charge on any atom is -0.413 e. The Morgan fingerprint density at radius 3 is 1.75 bits per heavy atom. The van der Waals surface area contributed by atoms with Gasteiger partial charge in [-0.1, -0.05) is 57.2 Å². The maximum atomic E-state index is 14.2. The molecule has 1 saturated heterocycles. The second-order valence-corrected chi connectivity index (χ2v) is 11.8. The van der Waals surface area contributed by atoms with Gasteiger partial charge in [-0.15, -0.1) is 23.5 Å². The molecule has 2 aromatic rings. The van der Waals surface area contributed by atoms with E-state index in [1.54, 1.807) is 47.8 Å². The van der Waals surface area contributed by atoms with Crippen molar-refractivity contribution in [1.29, 1.82) is 0 Å². The van der Waals surface area contributed by atoms with E-state index in [4.69, 9.17) is 9.05 Å². The zero-order valence-corrected chi connectivity index (χ0v) is 18.7. The standard InChI is InChI=1S/C21H25O4PS2/c1-21(2,3)19(22)18(20-27-14-15-28-20)26(23,24-16-10-6-4-7-11-16)25-17-12-8-5-9-13-17/h4-13,19,22H,14-15H2,1-3H3. The first-order valence-corrected chi connectivity index (χ1v) is 12.6. The number of hydrogen-bond acceptors (Lipinski definition) is 6. The molecule has 0 aromatic heterocycles. The van der Waals surface area contributed by atoms with Gasteiger partial charge in [0.05, 0.1) is 10.3 Å². The molecule has 0 radical (unpaired) electrons. The fourth-order valence-electron chi connectivity index (χ4n) is 2.60. The Labute approximate surface area is 175 Å². The van der Waals surface area contributed by atoms with E-state index in [-0.39, 0.29) is 0 Å². The third kappa shape index (κ3) is 5.18. The summed E-state index contributed by atoms with van der Waals surface area (Å²) in [5, 5.41) is 11.5. The Hall–Kier alpha value is -1.33. The molecule has 1 N–H and O–H groups in total. The van der Waals surface area contributed by atoms with Crippen LogP contribution in [0.25, 0.3) is 0 Å². The Bertz CT molecular complexity index is 809. The molecule has 1 unspecified atom stereocenters. The lowest BCUT2D eigenvalue weighted by Crippen LogP contribution is -2.30. The smallest absolute Gasteiger partial charge is 0.413 e. The minimum atomic E-state index is -3.89. The van der Waals surface area contributed by atoms with E-state index in [0.29, 0.717) is 16.8 Å². The number of hydrogen-bond donors (Lipinski definition) is 1. The Morgan fingerprint density at radius 1 is 0.929 bits per heavy atom. The molecule has 1 fully saturated rings. The highest BCUT2D eigenvalue weighted by Gasteiger charge is 2.45. The van der Waals surface area contributed by atoms with Gasteiger partial charge in [-0.25, -0.2) is 4.57 Å². The number of benzene rings is 2. The van der Waals surface area contributed by atoms with Crippen molar-refractivity contribution >= 4 is 31.1 Å². The summed E-state index contributed by atoms with van der Waals surface area (Å²) in [7, 11) is -3.89. The van der Waals surface area contributed by atoms with Gasteiger partial charge >= 0.3 is 7.60 Å². The summed E-state index contributed by atoms with van der Waals surface area (Å²) in [6.07, 6.45) is -0.973. The van der Waals surface area contributed by atoms with Crippen molar-refractivity contribution in [2.75, 3.05) is 11.5 Å². The van der Waals surface area contributed by atoms with Crippen LogP contribution in [0.4, 0.5) is 0 Å². The summed E-state index contributed by atoms with van der Waals surface area (Å²) in [6.45, 7) is 5.74. The minimum absolute atomic E-state index is 0.347. The maximum Gasteiger partial charge on any atom is 0.463 e. The van der Waals surface area contributed by atoms with Crippen molar-refractivity contribution in [2.45, 2.75) is 26.9 Å². The van der Waals surface area contributed by atoms with Gasteiger partial charge in [0, 0.05) is 11.5 Å². The van der Waals surface area contributed by atoms with Crippen molar-refractivity contribution < 1.29 is 18.7 Å². The highest BCUT2D eigenvalue weighted by molar-refractivity contribution is 8.25.